The highest BCUT2D eigenvalue weighted by molar-refractivity contribution is 7.10. The van der Waals surface area contributed by atoms with Gasteiger partial charge in [0.05, 0.1) is 12.1 Å². The molecule has 0 aliphatic heterocycles. The zero-order valence-corrected chi connectivity index (χ0v) is 13.0. The summed E-state index contributed by atoms with van der Waals surface area (Å²) >= 11 is 1.67. The molecule has 0 fully saturated rings. The van der Waals surface area contributed by atoms with Gasteiger partial charge in [0.2, 0.25) is 0 Å². The summed E-state index contributed by atoms with van der Waals surface area (Å²) < 4.78 is 0. The van der Waals surface area contributed by atoms with Crippen LogP contribution < -0.4 is 11.1 Å². The first-order valence-corrected chi connectivity index (χ1v) is 8.31. The predicted octanol–water partition coefficient (Wildman–Crippen LogP) is 3.02. The maximum Gasteiger partial charge on any atom is 0.256 e. The Labute approximate surface area is 133 Å². The number of benzene rings is 1. The first-order valence-electron chi connectivity index (χ1n) is 7.43. The summed E-state index contributed by atoms with van der Waals surface area (Å²) in [5.74, 6) is -0.235. The molecule has 1 aromatic heterocycles. The molecule has 0 bridgehead atoms. The standard InChI is InChI=1S/C17H18N2O2S/c18-9-15(20)11-4-3-5-12(8-11)19-17(21)14-10-22-16-7-2-1-6-13(14)16/h3-5,8,10H,1-2,6-7,9,18H2,(H,19,21). The number of aryl methyl sites for hydroxylation is 1. The number of nitrogens with one attached hydrogen (secondary N) is 1. The average Bonchev–Trinajstić information content (AvgIpc) is 2.98. The summed E-state index contributed by atoms with van der Waals surface area (Å²) in [5, 5.41) is 4.83. The van der Waals surface area contributed by atoms with Gasteiger partial charge in [-0.05, 0) is 43.4 Å². The summed E-state index contributed by atoms with van der Waals surface area (Å²) in [4.78, 5) is 25.5. The van der Waals surface area contributed by atoms with Crippen LogP contribution in [0.4, 0.5) is 5.69 Å². The minimum atomic E-state index is -0.135. The van der Waals surface area contributed by atoms with Gasteiger partial charge in [0.15, 0.2) is 5.78 Å². The molecular formula is C17H18N2O2S. The van der Waals surface area contributed by atoms with Crippen molar-refractivity contribution in [3.05, 3.63) is 51.2 Å². The van der Waals surface area contributed by atoms with Gasteiger partial charge in [0.25, 0.3) is 5.91 Å². The van der Waals surface area contributed by atoms with Crippen molar-refractivity contribution in [1.29, 1.82) is 0 Å². The van der Waals surface area contributed by atoms with Gasteiger partial charge in [-0.3, -0.25) is 9.59 Å². The second-order valence-corrected chi connectivity index (χ2v) is 6.38. The van der Waals surface area contributed by atoms with Gasteiger partial charge in [0, 0.05) is 21.5 Å². The predicted molar refractivity (Wildman–Crippen MR) is 88.7 cm³/mol. The Morgan fingerprint density at radius 2 is 2.05 bits per heavy atom. The van der Waals surface area contributed by atoms with Crippen molar-refractivity contribution in [3.8, 4) is 0 Å². The van der Waals surface area contributed by atoms with E-state index in [-0.39, 0.29) is 18.2 Å². The second-order valence-electron chi connectivity index (χ2n) is 5.42. The highest BCUT2D eigenvalue weighted by Crippen LogP contribution is 2.30. The highest BCUT2D eigenvalue weighted by atomic mass is 32.1. The molecule has 1 heterocycles. The summed E-state index contributed by atoms with van der Waals surface area (Å²) in [6, 6.07) is 6.91. The Bertz CT molecular complexity index is 721. The van der Waals surface area contributed by atoms with E-state index in [0.29, 0.717) is 11.3 Å². The number of carbonyl (C=O) groups excluding carboxylic acids is 2. The molecule has 5 heteroatoms. The van der Waals surface area contributed by atoms with Crippen LogP contribution in [-0.2, 0) is 12.8 Å². The normalized spacial score (nSPS) is 13.5. The number of anilines is 1. The lowest BCUT2D eigenvalue weighted by atomic mass is 9.95. The monoisotopic (exact) mass is 314 g/mol. The fourth-order valence-corrected chi connectivity index (χ4v) is 3.90. The average molecular weight is 314 g/mol. The summed E-state index contributed by atoms with van der Waals surface area (Å²) in [6.45, 7) is -0.0323. The number of hydrogen-bond donors (Lipinski definition) is 2. The lowest BCUT2D eigenvalue weighted by molar-refractivity contribution is 0.0997. The van der Waals surface area contributed by atoms with E-state index in [1.165, 1.54) is 16.9 Å². The Hall–Kier alpha value is -1.98. The van der Waals surface area contributed by atoms with Crippen molar-refractivity contribution < 1.29 is 9.59 Å². The molecule has 1 aliphatic carbocycles. The lowest BCUT2D eigenvalue weighted by Crippen LogP contribution is -2.16. The molecule has 3 rings (SSSR count). The number of thiophene rings is 1. The zero-order valence-electron chi connectivity index (χ0n) is 12.2. The van der Waals surface area contributed by atoms with Crippen molar-refractivity contribution >= 4 is 28.7 Å². The highest BCUT2D eigenvalue weighted by Gasteiger charge is 2.20. The van der Waals surface area contributed by atoms with Crippen LogP contribution in [0.15, 0.2) is 29.6 Å². The van der Waals surface area contributed by atoms with Crippen LogP contribution in [0, 0.1) is 0 Å². The maximum absolute atomic E-state index is 12.5. The van der Waals surface area contributed by atoms with E-state index in [0.717, 1.165) is 24.8 Å². The molecule has 3 N–H and O–H groups in total. The van der Waals surface area contributed by atoms with E-state index in [2.05, 4.69) is 5.32 Å². The van der Waals surface area contributed by atoms with Crippen molar-refractivity contribution in [2.45, 2.75) is 25.7 Å². The molecule has 114 valence electrons. The topological polar surface area (TPSA) is 72.2 Å². The van der Waals surface area contributed by atoms with Gasteiger partial charge >= 0.3 is 0 Å². The molecule has 1 amide bonds. The van der Waals surface area contributed by atoms with Gasteiger partial charge in [0.1, 0.15) is 0 Å². The molecule has 0 atom stereocenters. The Balaban J connectivity index is 1.80. The number of fused-ring (bicyclic) bond motifs is 1. The quantitative estimate of drug-likeness (QED) is 0.852. The molecular weight excluding hydrogens is 296 g/mol. The van der Waals surface area contributed by atoms with E-state index in [9.17, 15) is 9.59 Å². The summed E-state index contributed by atoms with van der Waals surface area (Å²) in [5.41, 5.74) is 8.49. The molecule has 0 spiro atoms. The SMILES string of the molecule is NCC(=O)c1cccc(NC(=O)c2csc3c2CCCC3)c1. The van der Waals surface area contributed by atoms with Crippen LogP contribution in [0.3, 0.4) is 0 Å². The van der Waals surface area contributed by atoms with Crippen LogP contribution >= 0.6 is 11.3 Å². The number of carbonyl (C=O) groups is 2. The van der Waals surface area contributed by atoms with Crippen LogP contribution in [0.2, 0.25) is 0 Å². The molecule has 1 aliphatic rings. The summed E-state index contributed by atoms with van der Waals surface area (Å²) in [7, 11) is 0. The fraction of sp³-hybridized carbons (Fsp3) is 0.294. The number of ketones is 1. The minimum absolute atomic E-state index is 0.0323. The van der Waals surface area contributed by atoms with E-state index in [1.807, 2.05) is 5.38 Å². The molecule has 4 nitrogen and oxygen atoms in total. The Morgan fingerprint density at radius 1 is 1.23 bits per heavy atom. The Kier molecular flexibility index (Phi) is 4.36. The first-order chi connectivity index (χ1) is 10.7. The number of Topliss-reactive ketones (excluding diaryl/α,β-unsaturated/α-hetero) is 1. The summed E-state index contributed by atoms with van der Waals surface area (Å²) in [6.07, 6.45) is 4.41. The largest absolute Gasteiger partial charge is 0.324 e. The molecule has 1 aromatic carbocycles. The van der Waals surface area contributed by atoms with Gasteiger partial charge in [-0.1, -0.05) is 12.1 Å². The number of nitrogens with two attached hydrogens (primary N) is 1. The smallest absolute Gasteiger partial charge is 0.256 e. The number of hydrogen-bond acceptors (Lipinski definition) is 4. The Morgan fingerprint density at radius 3 is 2.86 bits per heavy atom. The zero-order chi connectivity index (χ0) is 15.5. The molecule has 0 saturated heterocycles. The van der Waals surface area contributed by atoms with Crippen molar-refractivity contribution in [2.75, 3.05) is 11.9 Å². The first kappa shape index (κ1) is 14.9. The van der Waals surface area contributed by atoms with Gasteiger partial charge < -0.3 is 11.1 Å². The van der Waals surface area contributed by atoms with Crippen LogP contribution in [0.25, 0.3) is 0 Å². The molecule has 0 radical (unpaired) electrons. The van der Waals surface area contributed by atoms with E-state index < -0.39 is 0 Å². The number of amides is 1. The molecule has 22 heavy (non-hydrogen) atoms. The molecule has 0 saturated carbocycles. The van der Waals surface area contributed by atoms with Crippen LogP contribution in [0.1, 0.15) is 44.0 Å². The maximum atomic E-state index is 12.5. The van der Waals surface area contributed by atoms with Crippen LogP contribution in [0.5, 0.6) is 0 Å². The second kappa shape index (κ2) is 6.42. The molecule has 0 unspecified atom stereocenters. The minimum Gasteiger partial charge on any atom is -0.324 e. The van der Waals surface area contributed by atoms with E-state index in [4.69, 9.17) is 5.73 Å². The van der Waals surface area contributed by atoms with Crippen LogP contribution in [-0.4, -0.2) is 18.2 Å². The lowest BCUT2D eigenvalue weighted by Gasteiger charge is -2.13. The van der Waals surface area contributed by atoms with Crippen molar-refractivity contribution in [3.63, 3.8) is 0 Å². The fourth-order valence-electron chi connectivity index (χ4n) is 2.77. The van der Waals surface area contributed by atoms with Gasteiger partial charge in [-0.2, -0.15) is 0 Å². The third-order valence-electron chi connectivity index (χ3n) is 3.93. The third-order valence-corrected chi connectivity index (χ3v) is 5.02. The number of rotatable bonds is 4. The van der Waals surface area contributed by atoms with Crippen molar-refractivity contribution in [2.24, 2.45) is 5.73 Å². The third kappa shape index (κ3) is 2.96. The van der Waals surface area contributed by atoms with E-state index in [1.54, 1.807) is 35.6 Å². The van der Waals surface area contributed by atoms with Gasteiger partial charge in [-0.15, -0.1) is 11.3 Å². The van der Waals surface area contributed by atoms with Crippen molar-refractivity contribution in [1.82, 2.24) is 0 Å². The van der Waals surface area contributed by atoms with E-state index >= 15 is 0 Å². The van der Waals surface area contributed by atoms with Gasteiger partial charge in [-0.25, -0.2) is 0 Å². The molecule has 2 aromatic rings.